The van der Waals surface area contributed by atoms with E-state index in [0.29, 0.717) is 6.04 Å². The fourth-order valence-electron chi connectivity index (χ4n) is 1.56. The van der Waals surface area contributed by atoms with Gasteiger partial charge in [0.15, 0.2) is 0 Å². The molecule has 0 saturated carbocycles. The van der Waals surface area contributed by atoms with Crippen molar-refractivity contribution < 1.29 is 0 Å². The van der Waals surface area contributed by atoms with Gasteiger partial charge in [0.2, 0.25) is 0 Å². The number of nitrogens with zero attached hydrogens (tertiary/aromatic N) is 2. The van der Waals surface area contributed by atoms with Gasteiger partial charge >= 0.3 is 0 Å². The maximum atomic E-state index is 4.43. The Morgan fingerprint density at radius 2 is 2.06 bits per heavy atom. The van der Waals surface area contributed by atoms with Crippen LogP contribution in [0.1, 0.15) is 28.9 Å². The molecular weight excluding hydrogens is 218 g/mol. The van der Waals surface area contributed by atoms with Crippen LogP contribution in [0.4, 0.5) is 0 Å². The van der Waals surface area contributed by atoms with Gasteiger partial charge in [-0.1, -0.05) is 0 Å². The van der Waals surface area contributed by atoms with Crippen molar-refractivity contribution in [1.82, 2.24) is 15.2 Å². The zero-order valence-electron chi connectivity index (χ0n) is 11.0. The van der Waals surface area contributed by atoms with E-state index in [9.17, 15) is 0 Å². The van der Waals surface area contributed by atoms with E-state index in [1.54, 1.807) is 11.3 Å². The smallest absolute Gasteiger partial charge is 0.0900 e. The first-order chi connectivity index (χ1) is 7.49. The summed E-state index contributed by atoms with van der Waals surface area (Å²) in [6.45, 7) is 8.48. The molecule has 16 heavy (non-hydrogen) atoms. The van der Waals surface area contributed by atoms with Gasteiger partial charge in [0.25, 0.3) is 0 Å². The standard InChI is InChI=1S/C12H23N3S/c1-9(6-7-15(4)5)13-8-12-10(2)14-11(3)16-12/h9,13H,6-8H2,1-5H3. The van der Waals surface area contributed by atoms with E-state index in [1.807, 2.05) is 0 Å². The SMILES string of the molecule is Cc1nc(C)c(CNC(C)CCN(C)C)s1. The molecule has 1 aromatic heterocycles. The molecule has 1 rings (SSSR count). The second-order valence-electron chi connectivity index (χ2n) is 4.62. The Bertz CT molecular complexity index is 320. The summed E-state index contributed by atoms with van der Waals surface area (Å²) in [6, 6.07) is 0.559. The van der Waals surface area contributed by atoms with Gasteiger partial charge in [-0.25, -0.2) is 4.98 Å². The van der Waals surface area contributed by atoms with Crippen LogP contribution < -0.4 is 5.32 Å². The normalized spacial score (nSPS) is 13.4. The topological polar surface area (TPSA) is 28.2 Å². The Labute approximate surface area is 103 Å². The third kappa shape index (κ3) is 4.60. The number of thiazole rings is 1. The first kappa shape index (κ1) is 13.6. The summed E-state index contributed by atoms with van der Waals surface area (Å²) in [7, 11) is 4.23. The van der Waals surface area contributed by atoms with Gasteiger partial charge in [0.1, 0.15) is 0 Å². The lowest BCUT2D eigenvalue weighted by atomic mass is 10.2. The van der Waals surface area contributed by atoms with Crippen LogP contribution in [0.15, 0.2) is 0 Å². The largest absolute Gasteiger partial charge is 0.309 e. The van der Waals surface area contributed by atoms with Crippen LogP contribution in [0.3, 0.4) is 0 Å². The predicted molar refractivity (Wildman–Crippen MR) is 71.1 cm³/mol. The molecule has 0 aliphatic rings. The Kier molecular flexibility index (Phi) is 5.38. The van der Waals surface area contributed by atoms with Crippen molar-refractivity contribution >= 4 is 11.3 Å². The highest BCUT2D eigenvalue weighted by molar-refractivity contribution is 7.11. The molecule has 4 heteroatoms. The lowest BCUT2D eigenvalue weighted by Gasteiger charge is -2.16. The minimum absolute atomic E-state index is 0.559. The van der Waals surface area contributed by atoms with Crippen molar-refractivity contribution in [3.8, 4) is 0 Å². The minimum atomic E-state index is 0.559. The summed E-state index contributed by atoms with van der Waals surface area (Å²) in [4.78, 5) is 8.03. The molecule has 1 aromatic rings. The van der Waals surface area contributed by atoms with E-state index in [2.05, 4.69) is 50.1 Å². The molecule has 0 amide bonds. The van der Waals surface area contributed by atoms with Crippen LogP contribution >= 0.6 is 11.3 Å². The molecule has 0 fully saturated rings. The second kappa shape index (κ2) is 6.33. The highest BCUT2D eigenvalue weighted by Gasteiger charge is 2.07. The molecule has 1 atom stereocenters. The van der Waals surface area contributed by atoms with Gasteiger partial charge in [0, 0.05) is 17.5 Å². The van der Waals surface area contributed by atoms with E-state index in [1.165, 1.54) is 17.0 Å². The van der Waals surface area contributed by atoms with Crippen LogP contribution in [-0.2, 0) is 6.54 Å². The van der Waals surface area contributed by atoms with Crippen LogP contribution in [0.2, 0.25) is 0 Å². The van der Waals surface area contributed by atoms with E-state index in [-0.39, 0.29) is 0 Å². The van der Waals surface area contributed by atoms with E-state index < -0.39 is 0 Å². The molecule has 1 heterocycles. The average molecular weight is 241 g/mol. The molecule has 0 aliphatic carbocycles. The summed E-state index contributed by atoms with van der Waals surface area (Å²) < 4.78 is 0. The van der Waals surface area contributed by atoms with Gasteiger partial charge in [-0.05, 0) is 47.8 Å². The first-order valence-corrected chi connectivity index (χ1v) is 6.61. The quantitative estimate of drug-likeness (QED) is 0.827. The summed E-state index contributed by atoms with van der Waals surface area (Å²) >= 11 is 1.80. The maximum absolute atomic E-state index is 4.43. The Morgan fingerprint density at radius 3 is 2.56 bits per heavy atom. The highest BCUT2D eigenvalue weighted by atomic mass is 32.1. The van der Waals surface area contributed by atoms with Crippen LogP contribution in [0, 0.1) is 13.8 Å². The molecule has 3 nitrogen and oxygen atoms in total. The van der Waals surface area contributed by atoms with Crippen molar-refractivity contribution in [2.75, 3.05) is 20.6 Å². The van der Waals surface area contributed by atoms with Gasteiger partial charge < -0.3 is 10.2 Å². The molecule has 0 radical (unpaired) electrons. The third-order valence-corrected chi connectivity index (χ3v) is 3.69. The third-order valence-electron chi connectivity index (χ3n) is 2.62. The predicted octanol–water partition coefficient (Wildman–Crippen LogP) is 2.19. The number of hydrogen-bond acceptors (Lipinski definition) is 4. The first-order valence-electron chi connectivity index (χ1n) is 5.80. The lowest BCUT2D eigenvalue weighted by Crippen LogP contribution is -2.29. The van der Waals surface area contributed by atoms with Gasteiger partial charge in [-0.3, -0.25) is 0 Å². The summed E-state index contributed by atoms with van der Waals surface area (Å²) in [5.74, 6) is 0. The van der Waals surface area contributed by atoms with E-state index in [4.69, 9.17) is 0 Å². The maximum Gasteiger partial charge on any atom is 0.0900 e. The summed E-state index contributed by atoms with van der Waals surface area (Å²) in [5.41, 5.74) is 1.18. The molecule has 0 aromatic carbocycles. The minimum Gasteiger partial charge on any atom is -0.309 e. The molecule has 1 unspecified atom stereocenters. The Balaban J connectivity index is 2.31. The van der Waals surface area contributed by atoms with Crippen LogP contribution in [0.25, 0.3) is 0 Å². The molecule has 0 spiro atoms. The summed E-state index contributed by atoms with van der Waals surface area (Å²) in [5, 5.41) is 4.71. The Morgan fingerprint density at radius 1 is 1.38 bits per heavy atom. The molecule has 0 saturated heterocycles. The van der Waals surface area contributed by atoms with E-state index >= 15 is 0 Å². The summed E-state index contributed by atoms with van der Waals surface area (Å²) in [6.07, 6.45) is 1.18. The molecular formula is C12H23N3S. The van der Waals surface area contributed by atoms with Crippen molar-refractivity contribution in [3.63, 3.8) is 0 Å². The highest BCUT2D eigenvalue weighted by Crippen LogP contribution is 2.16. The van der Waals surface area contributed by atoms with Crippen molar-refractivity contribution in [2.24, 2.45) is 0 Å². The zero-order chi connectivity index (χ0) is 12.1. The van der Waals surface area contributed by atoms with Crippen molar-refractivity contribution in [1.29, 1.82) is 0 Å². The number of aromatic nitrogens is 1. The molecule has 1 N–H and O–H groups in total. The number of rotatable bonds is 6. The monoisotopic (exact) mass is 241 g/mol. The number of aryl methyl sites for hydroxylation is 2. The zero-order valence-corrected chi connectivity index (χ0v) is 11.8. The lowest BCUT2D eigenvalue weighted by molar-refractivity contribution is 0.366. The average Bonchev–Trinajstić information content (AvgIpc) is 2.51. The Hall–Kier alpha value is -0.450. The van der Waals surface area contributed by atoms with E-state index in [0.717, 1.165) is 18.1 Å². The second-order valence-corrected chi connectivity index (χ2v) is 5.90. The van der Waals surface area contributed by atoms with Crippen molar-refractivity contribution in [3.05, 3.63) is 15.6 Å². The fourth-order valence-corrected chi connectivity index (χ4v) is 2.45. The van der Waals surface area contributed by atoms with Gasteiger partial charge in [0.05, 0.1) is 10.7 Å². The molecule has 92 valence electrons. The van der Waals surface area contributed by atoms with Crippen LogP contribution in [0.5, 0.6) is 0 Å². The van der Waals surface area contributed by atoms with Gasteiger partial charge in [-0.2, -0.15) is 0 Å². The number of hydrogen-bond donors (Lipinski definition) is 1. The van der Waals surface area contributed by atoms with Crippen LogP contribution in [-0.4, -0.2) is 36.6 Å². The van der Waals surface area contributed by atoms with Gasteiger partial charge in [-0.15, -0.1) is 11.3 Å². The number of nitrogens with one attached hydrogen (secondary N) is 1. The van der Waals surface area contributed by atoms with Crippen molar-refractivity contribution in [2.45, 2.75) is 39.8 Å². The fraction of sp³-hybridized carbons (Fsp3) is 0.750. The molecule has 0 aliphatic heterocycles. The molecule has 0 bridgehead atoms.